The second-order valence-electron chi connectivity index (χ2n) is 3.68. The summed E-state index contributed by atoms with van der Waals surface area (Å²) in [6.45, 7) is 2.87. The Hall–Kier alpha value is -2.08. The lowest BCUT2D eigenvalue weighted by molar-refractivity contribution is 0.941. The third-order valence-corrected chi connectivity index (χ3v) is 2.66. The van der Waals surface area contributed by atoms with Crippen molar-refractivity contribution in [3.8, 4) is 6.07 Å². The van der Waals surface area contributed by atoms with Crippen LogP contribution in [0.25, 0.3) is 10.9 Å². The molecule has 3 nitrogen and oxygen atoms in total. The van der Waals surface area contributed by atoms with Crippen molar-refractivity contribution in [2.45, 2.75) is 6.92 Å². The minimum absolute atomic E-state index is 0.628. The average molecular weight is 211 g/mol. The Bertz CT molecular complexity index is 555. The molecule has 0 saturated heterocycles. The van der Waals surface area contributed by atoms with E-state index >= 15 is 0 Å². The van der Waals surface area contributed by atoms with Crippen molar-refractivity contribution < 1.29 is 0 Å². The van der Waals surface area contributed by atoms with Gasteiger partial charge in [-0.3, -0.25) is 0 Å². The average Bonchev–Trinajstić information content (AvgIpc) is 2.36. The van der Waals surface area contributed by atoms with Crippen LogP contribution in [0, 0.1) is 11.3 Å². The van der Waals surface area contributed by atoms with Crippen LogP contribution in [0.15, 0.2) is 30.3 Å². The molecule has 0 bridgehead atoms. The Morgan fingerprint density at radius 1 is 1.38 bits per heavy atom. The van der Waals surface area contributed by atoms with Crippen molar-refractivity contribution in [3.05, 3.63) is 35.9 Å². The second-order valence-corrected chi connectivity index (χ2v) is 3.68. The fourth-order valence-electron chi connectivity index (χ4n) is 1.63. The number of nitrogens with zero attached hydrogens (tertiary/aromatic N) is 3. The number of benzene rings is 1. The van der Waals surface area contributed by atoms with Gasteiger partial charge in [-0.1, -0.05) is 18.2 Å². The summed E-state index contributed by atoms with van der Waals surface area (Å²) in [7, 11) is 1.94. The first-order valence-corrected chi connectivity index (χ1v) is 5.27. The van der Waals surface area contributed by atoms with Gasteiger partial charge in [0.1, 0.15) is 11.9 Å². The fourth-order valence-corrected chi connectivity index (χ4v) is 1.63. The number of para-hydroxylation sites is 1. The van der Waals surface area contributed by atoms with Crippen LogP contribution in [-0.2, 0) is 0 Å². The molecule has 0 aliphatic rings. The topological polar surface area (TPSA) is 39.9 Å². The van der Waals surface area contributed by atoms with Crippen LogP contribution in [0.3, 0.4) is 0 Å². The van der Waals surface area contributed by atoms with Crippen molar-refractivity contribution in [1.29, 1.82) is 5.26 Å². The van der Waals surface area contributed by atoms with E-state index in [2.05, 4.69) is 11.1 Å². The maximum absolute atomic E-state index is 9.11. The minimum Gasteiger partial charge on any atom is -0.359 e. The highest BCUT2D eigenvalue weighted by Crippen LogP contribution is 2.21. The Morgan fingerprint density at radius 3 is 2.81 bits per heavy atom. The summed E-state index contributed by atoms with van der Waals surface area (Å²) in [6.07, 6.45) is 0. The van der Waals surface area contributed by atoms with E-state index in [1.165, 1.54) is 0 Å². The molecule has 2 aromatic rings. The normalized spacial score (nSPS) is 10.1. The predicted molar refractivity (Wildman–Crippen MR) is 65.4 cm³/mol. The summed E-state index contributed by atoms with van der Waals surface area (Å²) >= 11 is 0. The highest BCUT2D eigenvalue weighted by molar-refractivity contribution is 5.82. The molecule has 0 atom stereocenters. The third kappa shape index (κ3) is 1.70. The lowest BCUT2D eigenvalue weighted by atomic mass is 10.1. The highest BCUT2D eigenvalue weighted by Gasteiger charge is 2.09. The van der Waals surface area contributed by atoms with Crippen LogP contribution in [0.4, 0.5) is 5.82 Å². The van der Waals surface area contributed by atoms with Gasteiger partial charge in [0.2, 0.25) is 0 Å². The molecule has 80 valence electrons. The number of hydrogen-bond acceptors (Lipinski definition) is 3. The van der Waals surface area contributed by atoms with E-state index in [9.17, 15) is 0 Å². The molecule has 1 aromatic carbocycles. The molecule has 0 aliphatic carbocycles. The van der Waals surface area contributed by atoms with Gasteiger partial charge in [0, 0.05) is 19.0 Å². The van der Waals surface area contributed by atoms with Gasteiger partial charge in [0.15, 0.2) is 0 Å². The summed E-state index contributed by atoms with van der Waals surface area (Å²) in [6, 6.07) is 11.9. The molecule has 1 aromatic heterocycles. The zero-order valence-electron chi connectivity index (χ0n) is 9.44. The first-order valence-electron chi connectivity index (χ1n) is 5.27. The van der Waals surface area contributed by atoms with Gasteiger partial charge in [-0.05, 0) is 19.1 Å². The van der Waals surface area contributed by atoms with Gasteiger partial charge in [-0.15, -0.1) is 0 Å². The fraction of sp³-hybridized carbons (Fsp3) is 0.231. The Morgan fingerprint density at radius 2 is 2.12 bits per heavy atom. The van der Waals surface area contributed by atoms with Crippen molar-refractivity contribution in [2.24, 2.45) is 0 Å². The third-order valence-electron chi connectivity index (χ3n) is 2.66. The quantitative estimate of drug-likeness (QED) is 0.766. The minimum atomic E-state index is 0.628. The standard InChI is InChI=1S/C13H13N3/c1-3-16(2)13-11(9-14)8-10-6-4-5-7-12(10)15-13/h4-8H,3H2,1-2H3. The van der Waals surface area contributed by atoms with E-state index in [1.54, 1.807) is 0 Å². The van der Waals surface area contributed by atoms with E-state index < -0.39 is 0 Å². The molecule has 0 saturated carbocycles. The molecule has 1 heterocycles. The summed E-state index contributed by atoms with van der Waals surface area (Å²) < 4.78 is 0. The van der Waals surface area contributed by atoms with Crippen molar-refractivity contribution in [2.75, 3.05) is 18.5 Å². The number of aromatic nitrogens is 1. The number of anilines is 1. The monoisotopic (exact) mass is 211 g/mol. The molecule has 3 heteroatoms. The molecule has 0 radical (unpaired) electrons. The summed E-state index contributed by atoms with van der Waals surface area (Å²) in [5.41, 5.74) is 1.56. The van der Waals surface area contributed by atoms with E-state index in [0.29, 0.717) is 5.56 Å². The molecule has 0 unspecified atom stereocenters. The van der Waals surface area contributed by atoms with E-state index in [1.807, 2.05) is 49.2 Å². The Balaban J connectivity index is 2.68. The molecular formula is C13H13N3. The number of pyridine rings is 1. The molecule has 0 aliphatic heterocycles. The van der Waals surface area contributed by atoms with Crippen molar-refractivity contribution in [3.63, 3.8) is 0 Å². The summed E-state index contributed by atoms with van der Waals surface area (Å²) in [5.74, 6) is 0.753. The number of rotatable bonds is 2. The van der Waals surface area contributed by atoms with Crippen molar-refractivity contribution >= 4 is 16.7 Å². The zero-order valence-corrected chi connectivity index (χ0v) is 9.44. The number of fused-ring (bicyclic) bond motifs is 1. The molecule has 2 rings (SSSR count). The first-order chi connectivity index (χ1) is 7.76. The van der Waals surface area contributed by atoms with Crippen molar-refractivity contribution in [1.82, 2.24) is 4.98 Å². The van der Waals surface area contributed by atoms with E-state index in [4.69, 9.17) is 5.26 Å². The zero-order chi connectivity index (χ0) is 11.5. The molecule has 0 fully saturated rings. The molecule has 0 N–H and O–H groups in total. The Labute approximate surface area is 94.9 Å². The van der Waals surface area contributed by atoms with Gasteiger partial charge in [0.05, 0.1) is 11.1 Å². The van der Waals surface area contributed by atoms with Gasteiger partial charge in [-0.2, -0.15) is 5.26 Å². The van der Waals surface area contributed by atoms with E-state index in [0.717, 1.165) is 23.3 Å². The van der Waals surface area contributed by atoms with Crippen LogP contribution in [-0.4, -0.2) is 18.6 Å². The lowest BCUT2D eigenvalue weighted by Crippen LogP contribution is -2.18. The van der Waals surface area contributed by atoms with Gasteiger partial charge >= 0.3 is 0 Å². The predicted octanol–water partition coefficient (Wildman–Crippen LogP) is 2.56. The molecular weight excluding hydrogens is 198 g/mol. The highest BCUT2D eigenvalue weighted by atomic mass is 15.2. The largest absolute Gasteiger partial charge is 0.359 e. The smallest absolute Gasteiger partial charge is 0.146 e. The summed E-state index contributed by atoms with van der Waals surface area (Å²) in [5, 5.41) is 10.1. The number of nitriles is 1. The second kappa shape index (κ2) is 4.19. The molecule has 0 amide bonds. The van der Waals surface area contributed by atoms with Crippen LogP contribution in [0.1, 0.15) is 12.5 Å². The van der Waals surface area contributed by atoms with Crippen LogP contribution in [0.2, 0.25) is 0 Å². The van der Waals surface area contributed by atoms with Crippen LogP contribution in [0.5, 0.6) is 0 Å². The molecule has 0 spiro atoms. The first kappa shape index (κ1) is 10.4. The Kier molecular flexibility index (Phi) is 2.74. The molecule has 16 heavy (non-hydrogen) atoms. The van der Waals surface area contributed by atoms with Crippen LogP contribution < -0.4 is 4.90 Å². The van der Waals surface area contributed by atoms with Gasteiger partial charge < -0.3 is 4.90 Å². The maximum Gasteiger partial charge on any atom is 0.146 e. The van der Waals surface area contributed by atoms with E-state index in [-0.39, 0.29) is 0 Å². The van der Waals surface area contributed by atoms with Gasteiger partial charge in [-0.25, -0.2) is 4.98 Å². The number of hydrogen-bond donors (Lipinski definition) is 0. The van der Waals surface area contributed by atoms with Crippen LogP contribution >= 0.6 is 0 Å². The lowest BCUT2D eigenvalue weighted by Gasteiger charge is -2.17. The summed E-state index contributed by atoms with van der Waals surface area (Å²) in [4.78, 5) is 6.50. The SMILES string of the molecule is CCN(C)c1nc2ccccc2cc1C#N. The maximum atomic E-state index is 9.11. The van der Waals surface area contributed by atoms with Gasteiger partial charge in [0.25, 0.3) is 0 Å².